The highest BCUT2D eigenvalue weighted by Gasteiger charge is 2.74. The van der Waals surface area contributed by atoms with Gasteiger partial charge in [0.1, 0.15) is 22.8 Å². The highest BCUT2D eigenvalue weighted by atomic mass is 127. The Morgan fingerprint density at radius 2 is 1.79 bits per heavy atom. The molecule has 202 valence electrons. The number of aliphatic hydroxyl groups excluding tert-OH is 2. The minimum Gasteiger partial charge on any atom is -0.509 e. The number of carbonyl (C=O) groups is 3. The molecule has 3 aliphatic carbocycles. The van der Waals surface area contributed by atoms with Crippen LogP contribution in [0, 0.1) is 20.3 Å². The monoisotopic (exact) mass is 635 g/mol. The van der Waals surface area contributed by atoms with E-state index in [-0.39, 0.29) is 17.7 Å². The van der Waals surface area contributed by atoms with Crippen LogP contribution in [0.1, 0.15) is 43.9 Å². The number of Topliss-reactive ketones (excluding diaryl/α,β-unsaturated/α-hetero) is 2. The smallest absolute Gasteiger partial charge is 0.255 e. The highest BCUT2D eigenvalue weighted by molar-refractivity contribution is 14.1. The lowest BCUT2D eigenvalue weighted by atomic mass is 9.47. The van der Waals surface area contributed by atoms with Crippen LogP contribution in [0.5, 0.6) is 5.75 Å². The SMILES string of the molecule is CN(C)[C@@H]1C(=O)C(C(N)=O)=C(O)[C@@]2(C#N)C(=O)C3=C(O)c4c(O)c(C(C)(C)C)cc(I)c4C[C@@]3(N)C[C@@]12N. The van der Waals surface area contributed by atoms with Crippen LogP contribution >= 0.6 is 22.6 Å². The number of ketones is 2. The highest BCUT2D eigenvalue weighted by Crippen LogP contribution is 2.59. The zero-order chi connectivity index (χ0) is 28.9. The maximum absolute atomic E-state index is 14.3. The molecule has 9 N–H and O–H groups in total. The summed E-state index contributed by atoms with van der Waals surface area (Å²) in [6.07, 6.45) is -0.466. The molecule has 38 heavy (non-hydrogen) atoms. The molecule has 1 saturated carbocycles. The molecule has 0 saturated heterocycles. The molecule has 0 bridgehead atoms. The van der Waals surface area contributed by atoms with Crippen LogP contribution in [0.4, 0.5) is 0 Å². The number of fused-ring (bicyclic) bond motifs is 3. The van der Waals surface area contributed by atoms with Gasteiger partial charge in [-0.05, 0) is 66.6 Å². The van der Waals surface area contributed by atoms with Crippen LogP contribution in [0.2, 0.25) is 0 Å². The number of nitrogens with zero attached hydrogens (tertiary/aromatic N) is 2. The molecule has 1 amide bonds. The van der Waals surface area contributed by atoms with Crippen molar-refractivity contribution in [2.75, 3.05) is 14.1 Å². The van der Waals surface area contributed by atoms with Gasteiger partial charge in [-0.1, -0.05) is 20.8 Å². The minimum absolute atomic E-state index is 0.00139. The van der Waals surface area contributed by atoms with Gasteiger partial charge < -0.3 is 32.5 Å². The lowest BCUT2D eigenvalue weighted by Crippen LogP contribution is -2.80. The van der Waals surface area contributed by atoms with Crippen LogP contribution in [-0.4, -0.2) is 68.9 Å². The van der Waals surface area contributed by atoms with E-state index in [0.717, 1.165) is 0 Å². The number of rotatable bonds is 2. The van der Waals surface area contributed by atoms with Gasteiger partial charge in [-0.2, -0.15) is 5.26 Å². The number of likely N-dealkylation sites (N-methyl/N-ethyl adjacent to an activating group) is 1. The Kier molecular flexibility index (Phi) is 6.09. The van der Waals surface area contributed by atoms with E-state index in [4.69, 9.17) is 17.2 Å². The predicted molar refractivity (Wildman–Crippen MR) is 146 cm³/mol. The Morgan fingerprint density at radius 3 is 2.26 bits per heavy atom. The second-order valence-corrected chi connectivity index (χ2v) is 12.8. The first-order valence-electron chi connectivity index (χ1n) is 11.8. The van der Waals surface area contributed by atoms with Crippen LogP contribution in [0.15, 0.2) is 23.0 Å². The molecular formula is C26H30IN5O6. The molecule has 0 aromatic heterocycles. The van der Waals surface area contributed by atoms with Gasteiger partial charge in [0, 0.05) is 9.13 Å². The van der Waals surface area contributed by atoms with E-state index < -0.39 is 74.5 Å². The number of amides is 1. The number of hydrogen-bond acceptors (Lipinski definition) is 10. The molecule has 0 unspecified atom stereocenters. The summed E-state index contributed by atoms with van der Waals surface area (Å²) in [4.78, 5) is 41.4. The topological polar surface area (TPSA) is 217 Å². The zero-order valence-corrected chi connectivity index (χ0v) is 23.8. The summed E-state index contributed by atoms with van der Waals surface area (Å²) < 4.78 is 0.675. The largest absolute Gasteiger partial charge is 0.509 e. The molecule has 0 heterocycles. The Bertz CT molecular complexity index is 1450. The standard InChI is InChI=1S/C26H30IN5O6/c1-23(2,3)11-6-12(27)10-7-24(30)8-26(31)19(32(4)5)18(35)14(22(29)38)20(36)25(26,9-28)21(37)15(24)17(34)13(10)16(11)33/h6,19,33-34,36H,7-8,30-31H2,1-5H3,(H2,29,38)/t19-,24-,25+,26-/m1/s1. The maximum Gasteiger partial charge on any atom is 0.255 e. The molecule has 11 nitrogen and oxygen atoms in total. The number of aliphatic hydroxyl groups is 2. The van der Waals surface area contributed by atoms with Crippen molar-refractivity contribution in [2.45, 2.75) is 56.1 Å². The molecule has 4 rings (SSSR count). The summed E-state index contributed by atoms with van der Waals surface area (Å²) in [6.45, 7) is 5.62. The molecule has 0 radical (unpaired) electrons. The first kappa shape index (κ1) is 28.0. The molecule has 4 atom stereocenters. The van der Waals surface area contributed by atoms with E-state index in [2.05, 4.69) is 22.6 Å². The Balaban J connectivity index is 2.15. The summed E-state index contributed by atoms with van der Waals surface area (Å²) in [5, 5.41) is 44.5. The van der Waals surface area contributed by atoms with Gasteiger partial charge in [0.05, 0.1) is 34.3 Å². The van der Waals surface area contributed by atoms with E-state index >= 15 is 0 Å². The molecule has 1 aromatic rings. The molecule has 0 spiro atoms. The zero-order valence-electron chi connectivity index (χ0n) is 21.6. The van der Waals surface area contributed by atoms with Crippen molar-refractivity contribution >= 4 is 45.8 Å². The fourth-order valence-corrected chi connectivity index (χ4v) is 7.20. The van der Waals surface area contributed by atoms with E-state index in [9.17, 15) is 35.0 Å². The quantitative estimate of drug-likeness (QED) is 0.199. The number of nitrogens with two attached hydrogens (primary N) is 3. The van der Waals surface area contributed by atoms with Gasteiger partial charge in [0.15, 0.2) is 17.0 Å². The molecule has 12 heteroatoms. The molecule has 0 aliphatic heterocycles. The molecule has 3 aliphatic rings. The third-order valence-electron chi connectivity index (χ3n) is 8.00. The minimum atomic E-state index is -2.67. The van der Waals surface area contributed by atoms with Crippen LogP contribution in [-0.2, 0) is 26.2 Å². The number of primary amides is 1. The van der Waals surface area contributed by atoms with Crippen molar-refractivity contribution in [3.63, 3.8) is 0 Å². The number of hydrogen-bond donors (Lipinski definition) is 6. The summed E-state index contributed by atoms with van der Waals surface area (Å²) in [6, 6.07) is 2.11. The number of halogens is 1. The first-order valence-corrected chi connectivity index (χ1v) is 12.9. The molecule has 1 aromatic carbocycles. The fraction of sp³-hybridized carbons (Fsp3) is 0.462. The fourth-order valence-electron chi connectivity index (χ4n) is 6.43. The van der Waals surface area contributed by atoms with Crippen molar-refractivity contribution in [3.8, 4) is 11.8 Å². The van der Waals surface area contributed by atoms with Gasteiger partial charge in [0.25, 0.3) is 5.91 Å². The van der Waals surface area contributed by atoms with Gasteiger partial charge in [-0.3, -0.25) is 19.3 Å². The van der Waals surface area contributed by atoms with E-state index in [1.807, 2.05) is 20.8 Å². The van der Waals surface area contributed by atoms with Crippen molar-refractivity contribution in [3.05, 3.63) is 43.2 Å². The summed E-state index contributed by atoms with van der Waals surface area (Å²) >= 11 is 2.06. The van der Waals surface area contributed by atoms with Crippen LogP contribution < -0.4 is 17.2 Å². The van der Waals surface area contributed by atoms with E-state index in [1.54, 1.807) is 12.1 Å². The molecule has 1 fully saturated rings. The Labute approximate surface area is 233 Å². The average Bonchev–Trinajstić information content (AvgIpc) is 2.73. The van der Waals surface area contributed by atoms with Crippen LogP contribution in [0.25, 0.3) is 5.76 Å². The number of benzene rings is 1. The van der Waals surface area contributed by atoms with Crippen molar-refractivity contribution in [2.24, 2.45) is 22.6 Å². The number of carbonyl (C=O) groups excluding carboxylic acids is 3. The predicted octanol–water partition coefficient (Wildman–Crippen LogP) is 0.808. The van der Waals surface area contributed by atoms with E-state index in [0.29, 0.717) is 14.7 Å². The van der Waals surface area contributed by atoms with Crippen molar-refractivity contribution in [1.82, 2.24) is 4.90 Å². The lowest BCUT2D eigenvalue weighted by molar-refractivity contribution is -0.139. The van der Waals surface area contributed by atoms with Gasteiger partial charge in [0.2, 0.25) is 0 Å². The molecular weight excluding hydrogens is 605 g/mol. The number of phenols is 1. The van der Waals surface area contributed by atoms with Crippen LogP contribution in [0.3, 0.4) is 0 Å². The van der Waals surface area contributed by atoms with E-state index in [1.165, 1.54) is 19.0 Å². The summed E-state index contributed by atoms with van der Waals surface area (Å²) in [5.74, 6) is -5.50. The number of aromatic hydroxyl groups is 1. The lowest BCUT2D eigenvalue weighted by Gasteiger charge is -2.58. The van der Waals surface area contributed by atoms with Crippen molar-refractivity contribution < 1.29 is 29.7 Å². The maximum atomic E-state index is 14.3. The summed E-state index contributed by atoms with van der Waals surface area (Å²) in [5.41, 5.74) is 11.7. The summed E-state index contributed by atoms with van der Waals surface area (Å²) in [7, 11) is 2.95. The third-order valence-corrected chi connectivity index (χ3v) is 8.97. The van der Waals surface area contributed by atoms with Gasteiger partial charge in [-0.25, -0.2) is 0 Å². The Hall–Kier alpha value is -2.99. The second kappa shape index (κ2) is 8.25. The number of phenolic OH excluding ortho intramolecular Hbond substituents is 1. The second-order valence-electron chi connectivity index (χ2n) is 11.6. The average molecular weight is 635 g/mol. The van der Waals surface area contributed by atoms with Crippen molar-refractivity contribution in [1.29, 1.82) is 5.26 Å². The third kappa shape index (κ3) is 3.25. The number of nitriles is 1. The Morgan fingerprint density at radius 1 is 1.21 bits per heavy atom. The van der Waals surface area contributed by atoms with Gasteiger partial charge >= 0.3 is 0 Å². The first-order chi connectivity index (χ1) is 17.3. The normalized spacial score (nSPS) is 31.1. The van der Waals surface area contributed by atoms with Gasteiger partial charge in [-0.15, -0.1) is 0 Å².